The fraction of sp³-hybridized carbons (Fsp3) is 0.333. The summed E-state index contributed by atoms with van der Waals surface area (Å²) < 4.78 is 3.43. The maximum absolute atomic E-state index is 12.7. The van der Waals surface area contributed by atoms with Crippen LogP contribution < -0.4 is 10.2 Å². The molecule has 0 spiro atoms. The molecule has 0 aliphatic carbocycles. The molecule has 0 aromatic carbocycles. The van der Waals surface area contributed by atoms with Gasteiger partial charge in [0.05, 0.1) is 24.2 Å². The highest BCUT2D eigenvalue weighted by atomic mass is 16.2. The Labute approximate surface area is 150 Å². The van der Waals surface area contributed by atoms with Gasteiger partial charge in [0.15, 0.2) is 5.82 Å². The fourth-order valence-corrected chi connectivity index (χ4v) is 3.19. The summed E-state index contributed by atoms with van der Waals surface area (Å²) in [4.78, 5) is 31.0. The van der Waals surface area contributed by atoms with Gasteiger partial charge in [0.2, 0.25) is 5.91 Å². The lowest BCUT2D eigenvalue weighted by Gasteiger charge is -2.18. The lowest BCUT2D eigenvalue weighted by molar-refractivity contribution is -0.124. The molecule has 1 N–H and O–H groups in total. The summed E-state index contributed by atoms with van der Waals surface area (Å²) in [6.45, 7) is 4.45. The van der Waals surface area contributed by atoms with E-state index in [1.165, 1.54) is 0 Å². The first kappa shape index (κ1) is 16.3. The Morgan fingerprint density at radius 2 is 2.15 bits per heavy atom. The van der Waals surface area contributed by atoms with Gasteiger partial charge in [-0.15, -0.1) is 0 Å². The molecule has 3 aromatic heterocycles. The number of carbonyl (C=O) groups excluding carboxylic acids is 2. The van der Waals surface area contributed by atoms with E-state index in [0.717, 1.165) is 11.9 Å². The smallest absolute Gasteiger partial charge is 0.255 e. The van der Waals surface area contributed by atoms with Crippen LogP contribution in [0.1, 0.15) is 30.6 Å². The van der Waals surface area contributed by atoms with E-state index < -0.39 is 5.41 Å². The van der Waals surface area contributed by atoms with Crippen molar-refractivity contribution in [3.63, 3.8) is 0 Å². The molecule has 0 radical (unpaired) electrons. The van der Waals surface area contributed by atoms with Crippen molar-refractivity contribution in [2.75, 3.05) is 16.8 Å². The van der Waals surface area contributed by atoms with Crippen molar-refractivity contribution in [1.82, 2.24) is 19.2 Å². The van der Waals surface area contributed by atoms with Crippen LogP contribution in [0.5, 0.6) is 0 Å². The molecule has 3 aromatic rings. The van der Waals surface area contributed by atoms with E-state index in [0.29, 0.717) is 23.6 Å². The maximum Gasteiger partial charge on any atom is 0.255 e. The maximum atomic E-state index is 12.7. The molecule has 0 atom stereocenters. The number of nitrogens with one attached hydrogen (secondary N) is 1. The molecule has 4 heterocycles. The van der Waals surface area contributed by atoms with Crippen LogP contribution in [0.25, 0.3) is 5.52 Å². The van der Waals surface area contributed by atoms with Crippen molar-refractivity contribution in [3.8, 4) is 0 Å². The summed E-state index contributed by atoms with van der Waals surface area (Å²) in [6, 6.07) is 3.49. The molecule has 0 bridgehead atoms. The van der Waals surface area contributed by atoms with Crippen LogP contribution in [-0.4, -0.2) is 37.5 Å². The highest BCUT2D eigenvalue weighted by molar-refractivity contribution is 6.08. The molecule has 26 heavy (non-hydrogen) atoms. The fourth-order valence-electron chi connectivity index (χ4n) is 3.19. The number of carbonyl (C=O) groups is 2. The third-order valence-electron chi connectivity index (χ3n) is 4.77. The Morgan fingerprint density at radius 1 is 1.35 bits per heavy atom. The second kappa shape index (κ2) is 5.69. The number of amides is 2. The highest BCUT2D eigenvalue weighted by Crippen LogP contribution is 2.36. The van der Waals surface area contributed by atoms with Crippen molar-refractivity contribution in [2.45, 2.75) is 20.3 Å². The van der Waals surface area contributed by atoms with Gasteiger partial charge in [-0.3, -0.25) is 19.2 Å². The second-order valence-electron chi connectivity index (χ2n) is 7.23. The lowest BCUT2D eigenvalue weighted by atomic mass is 9.92. The highest BCUT2D eigenvalue weighted by Gasteiger charge is 2.41. The molecule has 1 aliphatic heterocycles. The number of aromatic nitrogens is 4. The number of rotatable bonds is 3. The Hall–Kier alpha value is -3.16. The first-order valence-electron chi connectivity index (χ1n) is 8.44. The zero-order valence-corrected chi connectivity index (χ0v) is 14.9. The van der Waals surface area contributed by atoms with E-state index in [9.17, 15) is 9.59 Å². The van der Waals surface area contributed by atoms with Crippen molar-refractivity contribution in [3.05, 3.63) is 42.6 Å². The number of aryl methyl sites for hydroxylation is 1. The van der Waals surface area contributed by atoms with Gasteiger partial charge >= 0.3 is 0 Å². The van der Waals surface area contributed by atoms with E-state index >= 15 is 0 Å². The molecule has 0 saturated carbocycles. The van der Waals surface area contributed by atoms with E-state index in [1.807, 2.05) is 18.2 Å². The van der Waals surface area contributed by atoms with Gasteiger partial charge in [0.25, 0.3) is 5.91 Å². The van der Waals surface area contributed by atoms with Crippen LogP contribution >= 0.6 is 0 Å². The van der Waals surface area contributed by atoms with E-state index in [1.54, 1.807) is 53.7 Å². The molecular formula is C18H20N6O2. The number of anilines is 2. The van der Waals surface area contributed by atoms with Gasteiger partial charge in [0, 0.05) is 30.8 Å². The van der Waals surface area contributed by atoms with Crippen LogP contribution in [0.2, 0.25) is 0 Å². The Kier molecular flexibility index (Phi) is 3.57. The standard InChI is InChI=1S/C18H20N6O2/c1-18(2)5-7-24(17(18)26)15-14(10-22(3)21-15)20-16(25)12-4-6-23-11-19-9-13(23)8-12/h4,6,8-11H,5,7H2,1-3H3,(H,20,25). The van der Waals surface area contributed by atoms with Crippen LogP contribution in [0.4, 0.5) is 11.5 Å². The molecule has 0 unspecified atom stereocenters. The SMILES string of the molecule is Cn1cc(NC(=O)c2ccn3cncc3c2)c(N2CCC(C)(C)C2=O)n1. The van der Waals surface area contributed by atoms with Gasteiger partial charge in [-0.25, -0.2) is 4.98 Å². The van der Waals surface area contributed by atoms with Crippen molar-refractivity contribution in [2.24, 2.45) is 12.5 Å². The van der Waals surface area contributed by atoms with Crippen molar-refractivity contribution < 1.29 is 9.59 Å². The third-order valence-corrected chi connectivity index (χ3v) is 4.77. The van der Waals surface area contributed by atoms with Crippen LogP contribution in [0.15, 0.2) is 37.1 Å². The topological polar surface area (TPSA) is 84.5 Å². The molecule has 8 heteroatoms. The van der Waals surface area contributed by atoms with Gasteiger partial charge in [0.1, 0.15) is 5.69 Å². The number of fused-ring (bicyclic) bond motifs is 1. The monoisotopic (exact) mass is 352 g/mol. The molecule has 2 amide bonds. The average molecular weight is 352 g/mol. The Bertz CT molecular complexity index is 1020. The normalized spacial score (nSPS) is 16.4. The summed E-state index contributed by atoms with van der Waals surface area (Å²) in [7, 11) is 1.77. The number of pyridine rings is 1. The van der Waals surface area contributed by atoms with Crippen LogP contribution in [0, 0.1) is 5.41 Å². The van der Waals surface area contributed by atoms with E-state index in [-0.39, 0.29) is 11.8 Å². The number of hydrogen-bond donors (Lipinski definition) is 1. The summed E-state index contributed by atoms with van der Waals surface area (Å²) >= 11 is 0. The summed E-state index contributed by atoms with van der Waals surface area (Å²) in [5.41, 5.74) is 1.46. The summed E-state index contributed by atoms with van der Waals surface area (Å²) in [5.74, 6) is 0.253. The number of imidazole rings is 1. The summed E-state index contributed by atoms with van der Waals surface area (Å²) in [5, 5.41) is 7.27. The van der Waals surface area contributed by atoms with E-state index in [4.69, 9.17) is 0 Å². The molecule has 8 nitrogen and oxygen atoms in total. The third kappa shape index (κ3) is 2.63. The average Bonchev–Trinajstić information content (AvgIpc) is 3.26. The minimum Gasteiger partial charge on any atom is -0.317 e. The van der Waals surface area contributed by atoms with Crippen molar-refractivity contribution >= 4 is 28.8 Å². The van der Waals surface area contributed by atoms with Crippen LogP contribution in [0.3, 0.4) is 0 Å². The molecule has 1 saturated heterocycles. The Balaban J connectivity index is 1.62. The number of hydrogen-bond acceptors (Lipinski definition) is 4. The Morgan fingerprint density at radius 3 is 2.88 bits per heavy atom. The molecule has 4 rings (SSSR count). The van der Waals surface area contributed by atoms with Crippen LogP contribution in [-0.2, 0) is 11.8 Å². The largest absolute Gasteiger partial charge is 0.317 e. The second-order valence-corrected chi connectivity index (χ2v) is 7.23. The lowest BCUT2D eigenvalue weighted by Crippen LogP contribution is -2.32. The predicted molar refractivity (Wildman–Crippen MR) is 97.1 cm³/mol. The van der Waals surface area contributed by atoms with Gasteiger partial charge < -0.3 is 9.72 Å². The molecule has 134 valence electrons. The predicted octanol–water partition coefficient (Wildman–Crippen LogP) is 2.08. The van der Waals surface area contributed by atoms with E-state index in [2.05, 4.69) is 15.4 Å². The molecule has 1 fully saturated rings. The molecule has 1 aliphatic rings. The van der Waals surface area contributed by atoms with Crippen molar-refractivity contribution in [1.29, 1.82) is 0 Å². The first-order valence-corrected chi connectivity index (χ1v) is 8.44. The quantitative estimate of drug-likeness (QED) is 0.782. The first-order chi connectivity index (χ1) is 12.3. The zero-order valence-electron chi connectivity index (χ0n) is 14.9. The van der Waals surface area contributed by atoms with Gasteiger partial charge in [-0.05, 0) is 18.6 Å². The minimum absolute atomic E-state index is 0.0207. The number of nitrogens with zero attached hydrogens (tertiary/aromatic N) is 5. The molecular weight excluding hydrogens is 332 g/mol. The minimum atomic E-state index is -0.411. The summed E-state index contributed by atoms with van der Waals surface area (Å²) in [6.07, 6.45) is 7.62. The zero-order chi connectivity index (χ0) is 18.5. The van der Waals surface area contributed by atoms with Gasteiger partial charge in [-0.2, -0.15) is 5.10 Å². The van der Waals surface area contributed by atoms with Gasteiger partial charge in [-0.1, -0.05) is 13.8 Å².